The molecule has 0 aliphatic carbocycles. The van der Waals surface area contributed by atoms with Gasteiger partial charge in [0.1, 0.15) is 0 Å². The van der Waals surface area contributed by atoms with Crippen molar-refractivity contribution in [3.63, 3.8) is 0 Å². The summed E-state index contributed by atoms with van der Waals surface area (Å²) in [5.74, 6) is -0.956. The molecule has 1 N–H and O–H groups in total. The highest BCUT2D eigenvalue weighted by Gasteiger charge is 2.14. The lowest BCUT2D eigenvalue weighted by Crippen LogP contribution is -2.28. The maximum Gasteiger partial charge on any atom is 0.335 e. The van der Waals surface area contributed by atoms with E-state index in [0.717, 1.165) is 18.5 Å². The Morgan fingerprint density at radius 1 is 1.53 bits per heavy atom. The van der Waals surface area contributed by atoms with E-state index in [2.05, 4.69) is 18.7 Å². The van der Waals surface area contributed by atoms with Crippen molar-refractivity contribution in [1.82, 2.24) is 0 Å². The van der Waals surface area contributed by atoms with Gasteiger partial charge in [0.15, 0.2) is 0 Å². The molecule has 1 aromatic rings. The molecule has 0 amide bonds. The van der Waals surface area contributed by atoms with E-state index in [4.69, 9.17) is 16.7 Å². The number of aromatic carboxylic acids is 1. The van der Waals surface area contributed by atoms with Gasteiger partial charge in [-0.2, -0.15) is 0 Å². The molecule has 1 rings (SSSR count). The highest BCUT2D eigenvalue weighted by atomic mass is 35.5. The Kier molecular flexibility index (Phi) is 4.82. The van der Waals surface area contributed by atoms with E-state index in [-0.39, 0.29) is 5.56 Å². The summed E-state index contributed by atoms with van der Waals surface area (Å²) in [5, 5.41) is 9.34. The number of benzene rings is 1. The Hall–Kier alpha value is -1.22. The largest absolute Gasteiger partial charge is 0.478 e. The van der Waals surface area contributed by atoms with Crippen LogP contribution in [0, 0.1) is 0 Å². The van der Waals surface area contributed by atoms with Crippen LogP contribution in [0.15, 0.2) is 18.2 Å². The first-order valence-corrected chi connectivity index (χ1v) is 6.10. The van der Waals surface area contributed by atoms with Crippen LogP contribution >= 0.6 is 11.6 Å². The quantitative estimate of drug-likeness (QED) is 0.873. The summed E-state index contributed by atoms with van der Waals surface area (Å²) in [7, 11) is 1.97. The van der Waals surface area contributed by atoms with E-state index < -0.39 is 5.97 Å². The zero-order valence-corrected chi connectivity index (χ0v) is 11.2. The Balaban J connectivity index is 2.95. The van der Waals surface area contributed by atoms with E-state index >= 15 is 0 Å². The summed E-state index contributed by atoms with van der Waals surface area (Å²) in [4.78, 5) is 12.9. The van der Waals surface area contributed by atoms with Crippen LogP contribution in [0.4, 0.5) is 5.69 Å². The van der Waals surface area contributed by atoms with Gasteiger partial charge in [0.25, 0.3) is 0 Å². The van der Waals surface area contributed by atoms with Crippen LogP contribution in [-0.4, -0.2) is 24.2 Å². The summed E-state index contributed by atoms with van der Waals surface area (Å²) in [6.45, 7) is 4.27. The van der Waals surface area contributed by atoms with Crippen molar-refractivity contribution in [2.45, 2.75) is 32.7 Å². The van der Waals surface area contributed by atoms with Crippen LogP contribution in [0.25, 0.3) is 0 Å². The zero-order valence-electron chi connectivity index (χ0n) is 10.4. The maximum atomic E-state index is 10.8. The molecule has 0 heterocycles. The Morgan fingerprint density at radius 3 is 2.65 bits per heavy atom. The average molecular weight is 256 g/mol. The highest BCUT2D eigenvalue weighted by Crippen LogP contribution is 2.28. The first-order valence-electron chi connectivity index (χ1n) is 5.73. The van der Waals surface area contributed by atoms with Crippen LogP contribution in [0.1, 0.15) is 37.0 Å². The Morgan fingerprint density at radius 2 is 2.18 bits per heavy atom. The number of nitrogens with zero attached hydrogens (tertiary/aromatic N) is 1. The molecule has 17 heavy (non-hydrogen) atoms. The van der Waals surface area contributed by atoms with Gasteiger partial charge in [-0.15, -0.1) is 0 Å². The molecular weight excluding hydrogens is 238 g/mol. The predicted molar refractivity (Wildman–Crippen MR) is 71.2 cm³/mol. The topological polar surface area (TPSA) is 40.5 Å². The van der Waals surface area contributed by atoms with Crippen molar-refractivity contribution in [2.24, 2.45) is 0 Å². The SMILES string of the molecule is CCCC(C)N(C)c1ccc(C(=O)O)cc1Cl. The van der Waals surface area contributed by atoms with Crippen LogP contribution < -0.4 is 4.90 Å². The van der Waals surface area contributed by atoms with Gasteiger partial charge >= 0.3 is 5.97 Å². The fraction of sp³-hybridized carbons (Fsp3) is 0.462. The standard InChI is InChI=1S/C13H18ClNO2/c1-4-5-9(2)15(3)12-7-6-10(13(16)17)8-11(12)14/h6-9H,4-5H2,1-3H3,(H,16,17). The number of hydrogen-bond donors (Lipinski definition) is 1. The number of rotatable bonds is 5. The van der Waals surface area contributed by atoms with E-state index in [1.807, 2.05) is 7.05 Å². The lowest BCUT2D eigenvalue weighted by Gasteiger charge is -2.27. The lowest BCUT2D eigenvalue weighted by atomic mass is 10.1. The summed E-state index contributed by atoms with van der Waals surface area (Å²) in [6, 6.07) is 5.22. The maximum absolute atomic E-state index is 10.8. The van der Waals surface area contributed by atoms with E-state index in [0.29, 0.717) is 11.1 Å². The summed E-state index contributed by atoms with van der Waals surface area (Å²) in [6.07, 6.45) is 2.18. The molecule has 0 radical (unpaired) electrons. The second-order valence-electron chi connectivity index (χ2n) is 4.22. The number of hydrogen-bond acceptors (Lipinski definition) is 2. The molecule has 3 nitrogen and oxygen atoms in total. The fourth-order valence-corrected chi connectivity index (χ4v) is 2.09. The third-order valence-corrected chi connectivity index (χ3v) is 3.24. The van der Waals surface area contributed by atoms with Crippen molar-refractivity contribution in [3.8, 4) is 0 Å². The molecule has 4 heteroatoms. The molecule has 1 unspecified atom stereocenters. The van der Waals surface area contributed by atoms with Crippen molar-refractivity contribution in [2.75, 3.05) is 11.9 Å². The molecule has 0 spiro atoms. The molecular formula is C13H18ClNO2. The number of anilines is 1. The van der Waals surface area contributed by atoms with Gasteiger partial charge in [-0.1, -0.05) is 24.9 Å². The van der Waals surface area contributed by atoms with Gasteiger partial charge in [0.05, 0.1) is 16.3 Å². The Labute approximate surface area is 107 Å². The van der Waals surface area contributed by atoms with E-state index in [9.17, 15) is 4.79 Å². The molecule has 0 aliphatic heterocycles. The molecule has 0 saturated heterocycles. The molecule has 1 aromatic carbocycles. The molecule has 0 aromatic heterocycles. The first kappa shape index (κ1) is 13.8. The van der Waals surface area contributed by atoms with E-state index in [1.54, 1.807) is 12.1 Å². The normalized spacial score (nSPS) is 12.2. The summed E-state index contributed by atoms with van der Waals surface area (Å²) >= 11 is 6.11. The van der Waals surface area contributed by atoms with Crippen LogP contribution in [0.5, 0.6) is 0 Å². The molecule has 94 valence electrons. The van der Waals surface area contributed by atoms with Gasteiger partial charge in [-0.05, 0) is 31.5 Å². The van der Waals surface area contributed by atoms with Crippen LogP contribution in [0.3, 0.4) is 0 Å². The number of carbonyl (C=O) groups is 1. The van der Waals surface area contributed by atoms with Crippen molar-refractivity contribution in [3.05, 3.63) is 28.8 Å². The van der Waals surface area contributed by atoms with Gasteiger partial charge in [0.2, 0.25) is 0 Å². The van der Waals surface area contributed by atoms with Gasteiger partial charge in [-0.25, -0.2) is 4.79 Å². The van der Waals surface area contributed by atoms with Crippen molar-refractivity contribution in [1.29, 1.82) is 0 Å². The second kappa shape index (κ2) is 5.92. The highest BCUT2D eigenvalue weighted by molar-refractivity contribution is 6.33. The van der Waals surface area contributed by atoms with Crippen LogP contribution in [0.2, 0.25) is 5.02 Å². The number of carboxylic acids is 1. The van der Waals surface area contributed by atoms with Gasteiger partial charge < -0.3 is 10.0 Å². The third-order valence-electron chi connectivity index (χ3n) is 2.94. The van der Waals surface area contributed by atoms with E-state index in [1.165, 1.54) is 6.07 Å². The zero-order chi connectivity index (χ0) is 13.0. The summed E-state index contributed by atoms with van der Waals surface area (Å²) < 4.78 is 0. The summed E-state index contributed by atoms with van der Waals surface area (Å²) in [5.41, 5.74) is 1.09. The Bertz CT molecular complexity index is 406. The smallest absolute Gasteiger partial charge is 0.335 e. The fourth-order valence-electron chi connectivity index (χ4n) is 1.77. The monoisotopic (exact) mass is 255 g/mol. The average Bonchev–Trinajstić information content (AvgIpc) is 2.28. The van der Waals surface area contributed by atoms with Crippen molar-refractivity contribution < 1.29 is 9.90 Å². The van der Waals surface area contributed by atoms with Gasteiger partial charge in [0, 0.05) is 13.1 Å². The number of carboxylic acid groups (broad SMARTS) is 1. The van der Waals surface area contributed by atoms with Gasteiger partial charge in [-0.3, -0.25) is 0 Å². The minimum atomic E-state index is -0.956. The minimum absolute atomic E-state index is 0.218. The molecule has 1 atom stereocenters. The first-order chi connectivity index (χ1) is 7.97. The molecule has 0 saturated carbocycles. The minimum Gasteiger partial charge on any atom is -0.478 e. The number of halogens is 1. The molecule has 0 fully saturated rings. The lowest BCUT2D eigenvalue weighted by molar-refractivity contribution is 0.0697. The molecule has 0 bridgehead atoms. The predicted octanol–water partition coefficient (Wildman–Crippen LogP) is 3.66. The third kappa shape index (κ3) is 3.37. The second-order valence-corrected chi connectivity index (χ2v) is 4.63. The van der Waals surface area contributed by atoms with Crippen LogP contribution in [-0.2, 0) is 0 Å². The molecule has 0 aliphatic rings. The van der Waals surface area contributed by atoms with Crippen molar-refractivity contribution >= 4 is 23.3 Å².